The molecule has 1 amide bonds. The van der Waals surface area contributed by atoms with Crippen LogP contribution < -0.4 is 5.32 Å². The molecule has 162 valence electrons. The molecule has 1 heterocycles. The van der Waals surface area contributed by atoms with E-state index in [9.17, 15) is 13.2 Å². The molecule has 3 rings (SSSR count). The second kappa shape index (κ2) is 9.98. The van der Waals surface area contributed by atoms with Gasteiger partial charge in [0, 0.05) is 29.6 Å². The lowest BCUT2D eigenvalue weighted by atomic mass is 9.96. The molecule has 0 bridgehead atoms. The number of rotatable bonds is 7. The van der Waals surface area contributed by atoms with Gasteiger partial charge >= 0.3 is 0 Å². The molecule has 0 spiro atoms. The Morgan fingerprint density at radius 2 is 1.60 bits per heavy atom. The number of amides is 1. The minimum atomic E-state index is -3.52. The summed E-state index contributed by atoms with van der Waals surface area (Å²) in [5.41, 5.74) is 3.20. The van der Waals surface area contributed by atoms with Crippen LogP contribution in [-0.2, 0) is 27.7 Å². The van der Waals surface area contributed by atoms with E-state index in [0.717, 1.165) is 34.6 Å². The molecule has 0 atom stereocenters. The molecule has 0 aromatic heterocycles. The summed E-state index contributed by atoms with van der Waals surface area (Å²) in [5, 5.41) is 3.14. The molecule has 1 N–H and O–H groups in total. The Labute approximate surface area is 184 Å². The molecule has 0 saturated carbocycles. The Balaban J connectivity index is 1.66. The average Bonchev–Trinajstić information content (AvgIpc) is 2.79. The van der Waals surface area contributed by atoms with Crippen molar-refractivity contribution in [3.05, 3.63) is 53.6 Å². The van der Waals surface area contributed by atoms with Crippen LogP contribution in [-0.4, -0.2) is 38.0 Å². The van der Waals surface area contributed by atoms with Crippen LogP contribution in [0.5, 0.6) is 0 Å². The highest BCUT2D eigenvalue weighted by molar-refractivity contribution is 7.98. The molecule has 0 aliphatic carbocycles. The largest absolute Gasteiger partial charge is 0.325 e. The van der Waals surface area contributed by atoms with E-state index in [0.29, 0.717) is 30.8 Å². The average molecular weight is 447 g/mol. The third kappa shape index (κ3) is 4.90. The molecule has 1 aliphatic rings. The third-order valence-electron chi connectivity index (χ3n) is 5.77. The van der Waals surface area contributed by atoms with Crippen molar-refractivity contribution in [3.8, 4) is 0 Å². The zero-order valence-electron chi connectivity index (χ0n) is 17.8. The van der Waals surface area contributed by atoms with Gasteiger partial charge in [0.1, 0.15) is 0 Å². The second-order valence-electron chi connectivity index (χ2n) is 7.50. The van der Waals surface area contributed by atoms with Crippen LogP contribution in [0.4, 0.5) is 5.69 Å². The SMILES string of the molecule is CCc1cccc(CC)c1NC(=O)C1CCN(S(=O)(=O)c2ccc(SC)cc2)CC1. The number of hydrogen-bond acceptors (Lipinski definition) is 4. The molecule has 1 fully saturated rings. The number of aryl methyl sites for hydroxylation is 2. The zero-order chi connectivity index (χ0) is 21.7. The second-order valence-corrected chi connectivity index (χ2v) is 10.3. The first-order valence-electron chi connectivity index (χ1n) is 10.5. The first-order chi connectivity index (χ1) is 14.4. The van der Waals surface area contributed by atoms with Crippen molar-refractivity contribution in [2.24, 2.45) is 5.92 Å². The number of carbonyl (C=O) groups is 1. The third-order valence-corrected chi connectivity index (χ3v) is 8.43. The van der Waals surface area contributed by atoms with Crippen LogP contribution in [0.25, 0.3) is 0 Å². The Bertz CT molecular complexity index is 958. The lowest BCUT2D eigenvalue weighted by Gasteiger charge is -2.31. The summed E-state index contributed by atoms with van der Waals surface area (Å²) in [6, 6.07) is 13.1. The van der Waals surface area contributed by atoms with Crippen molar-refractivity contribution < 1.29 is 13.2 Å². The predicted molar refractivity (Wildman–Crippen MR) is 124 cm³/mol. The number of benzene rings is 2. The van der Waals surface area contributed by atoms with E-state index in [2.05, 4.69) is 19.2 Å². The normalized spacial score (nSPS) is 15.8. The van der Waals surface area contributed by atoms with Gasteiger partial charge in [-0.05, 0) is 67.3 Å². The summed E-state index contributed by atoms with van der Waals surface area (Å²) in [6.45, 7) is 4.89. The summed E-state index contributed by atoms with van der Waals surface area (Å²) in [4.78, 5) is 14.3. The van der Waals surface area contributed by atoms with Gasteiger partial charge in [0.2, 0.25) is 15.9 Å². The number of sulfonamides is 1. The van der Waals surface area contributed by atoms with Gasteiger partial charge in [-0.3, -0.25) is 4.79 Å². The summed E-state index contributed by atoms with van der Waals surface area (Å²) in [7, 11) is -3.52. The molecule has 2 aromatic rings. The van der Waals surface area contributed by atoms with Gasteiger partial charge in [-0.15, -0.1) is 11.8 Å². The molecular weight excluding hydrogens is 416 g/mol. The topological polar surface area (TPSA) is 66.5 Å². The van der Waals surface area contributed by atoms with Crippen molar-refractivity contribution in [1.82, 2.24) is 4.31 Å². The van der Waals surface area contributed by atoms with E-state index >= 15 is 0 Å². The number of para-hydroxylation sites is 1. The zero-order valence-corrected chi connectivity index (χ0v) is 19.5. The fourth-order valence-electron chi connectivity index (χ4n) is 3.88. The lowest BCUT2D eigenvalue weighted by molar-refractivity contribution is -0.120. The maximum atomic E-state index is 12.9. The maximum Gasteiger partial charge on any atom is 0.243 e. The minimum absolute atomic E-state index is 0.00743. The van der Waals surface area contributed by atoms with Crippen LogP contribution in [0.15, 0.2) is 52.3 Å². The van der Waals surface area contributed by atoms with Gasteiger partial charge < -0.3 is 5.32 Å². The summed E-state index contributed by atoms with van der Waals surface area (Å²) < 4.78 is 27.4. The van der Waals surface area contributed by atoms with Crippen LogP contribution in [0, 0.1) is 5.92 Å². The first kappa shape index (κ1) is 22.8. The summed E-state index contributed by atoms with van der Waals surface area (Å²) in [6.07, 6.45) is 4.74. The van der Waals surface area contributed by atoms with Gasteiger partial charge in [-0.25, -0.2) is 8.42 Å². The van der Waals surface area contributed by atoms with Crippen LogP contribution >= 0.6 is 11.8 Å². The van der Waals surface area contributed by atoms with Gasteiger partial charge in [0.15, 0.2) is 0 Å². The van der Waals surface area contributed by atoms with Gasteiger partial charge in [-0.1, -0.05) is 32.0 Å². The molecule has 0 radical (unpaired) electrons. The van der Waals surface area contributed by atoms with E-state index < -0.39 is 10.0 Å². The first-order valence-corrected chi connectivity index (χ1v) is 13.1. The standard InChI is InChI=1S/C23H30N2O3S2/c1-4-17-7-6-8-18(5-2)22(17)24-23(26)19-13-15-25(16-14-19)30(27,28)21-11-9-20(29-3)10-12-21/h6-12,19H,4-5,13-16H2,1-3H3,(H,24,26). The van der Waals surface area contributed by atoms with E-state index in [1.165, 1.54) is 4.31 Å². The quantitative estimate of drug-likeness (QED) is 0.633. The molecule has 1 aliphatic heterocycles. The van der Waals surface area contributed by atoms with E-state index in [4.69, 9.17) is 0 Å². The highest BCUT2D eigenvalue weighted by Crippen LogP contribution is 2.28. The summed E-state index contributed by atoms with van der Waals surface area (Å²) in [5.74, 6) is -0.183. The molecule has 30 heavy (non-hydrogen) atoms. The van der Waals surface area contributed by atoms with E-state index in [-0.39, 0.29) is 11.8 Å². The van der Waals surface area contributed by atoms with Crippen molar-refractivity contribution in [1.29, 1.82) is 0 Å². The molecular formula is C23H30N2O3S2. The van der Waals surface area contributed by atoms with Gasteiger partial charge in [0.05, 0.1) is 4.90 Å². The number of thioether (sulfide) groups is 1. The van der Waals surface area contributed by atoms with Crippen molar-refractivity contribution in [3.63, 3.8) is 0 Å². The van der Waals surface area contributed by atoms with Crippen LogP contribution in [0.1, 0.15) is 37.8 Å². The molecule has 5 nitrogen and oxygen atoms in total. The smallest absolute Gasteiger partial charge is 0.243 e. The number of carbonyl (C=O) groups excluding carboxylic acids is 1. The van der Waals surface area contributed by atoms with Crippen molar-refractivity contribution >= 4 is 33.4 Å². The van der Waals surface area contributed by atoms with Crippen LogP contribution in [0.2, 0.25) is 0 Å². The Hall–Kier alpha value is -1.83. The fourth-order valence-corrected chi connectivity index (χ4v) is 5.76. The number of anilines is 1. The number of hydrogen-bond donors (Lipinski definition) is 1. The number of nitrogens with zero attached hydrogens (tertiary/aromatic N) is 1. The number of nitrogens with one attached hydrogen (secondary N) is 1. The molecule has 7 heteroatoms. The van der Waals surface area contributed by atoms with Crippen LogP contribution in [0.3, 0.4) is 0 Å². The lowest BCUT2D eigenvalue weighted by Crippen LogP contribution is -2.41. The van der Waals surface area contributed by atoms with Gasteiger partial charge in [-0.2, -0.15) is 4.31 Å². The summed E-state index contributed by atoms with van der Waals surface area (Å²) >= 11 is 1.58. The van der Waals surface area contributed by atoms with Crippen molar-refractivity contribution in [2.75, 3.05) is 24.7 Å². The van der Waals surface area contributed by atoms with E-state index in [1.54, 1.807) is 23.9 Å². The monoisotopic (exact) mass is 446 g/mol. The van der Waals surface area contributed by atoms with Crippen molar-refractivity contribution in [2.45, 2.75) is 49.3 Å². The minimum Gasteiger partial charge on any atom is -0.325 e. The number of piperidine rings is 1. The molecule has 2 aromatic carbocycles. The fraction of sp³-hybridized carbons (Fsp3) is 0.435. The Morgan fingerprint density at radius 1 is 1.03 bits per heavy atom. The van der Waals surface area contributed by atoms with E-state index in [1.807, 2.05) is 36.6 Å². The predicted octanol–water partition coefficient (Wildman–Crippen LogP) is 4.57. The van der Waals surface area contributed by atoms with Gasteiger partial charge in [0.25, 0.3) is 0 Å². The highest BCUT2D eigenvalue weighted by Gasteiger charge is 2.32. The highest BCUT2D eigenvalue weighted by atomic mass is 32.2. The molecule has 1 saturated heterocycles. The Kier molecular flexibility index (Phi) is 7.60. The maximum absolute atomic E-state index is 12.9. The Morgan fingerprint density at radius 3 is 2.10 bits per heavy atom. The molecule has 0 unspecified atom stereocenters.